The summed E-state index contributed by atoms with van der Waals surface area (Å²) in [5.74, 6) is 0. The van der Waals surface area contributed by atoms with Crippen molar-refractivity contribution < 1.29 is 45.1 Å². The summed E-state index contributed by atoms with van der Waals surface area (Å²) in [5, 5.41) is 50.2. The Morgan fingerprint density at radius 3 is 2.08 bits per heavy atom. The molecule has 2 aromatic rings. The van der Waals surface area contributed by atoms with E-state index in [1.807, 2.05) is 0 Å². The lowest BCUT2D eigenvalue weighted by Crippen LogP contribution is -2.48. The average Bonchev–Trinajstić information content (AvgIpc) is 3.35. The van der Waals surface area contributed by atoms with E-state index in [-0.39, 0.29) is 11.1 Å². The number of aryl methyl sites for hydroxylation is 2. The maximum absolute atomic E-state index is 12.4. The topological polar surface area (TPSA) is 248 Å². The smallest absolute Gasteiger partial charge is 0.330 e. The average molecular weight is 595 g/mol. The van der Waals surface area contributed by atoms with E-state index in [9.17, 15) is 39.8 Å². The van der Waals surface area contributed by atoms with E-state index < -0.39 is 82.8 Å². The molecule has 0 amide bonds. The monoisotopic (exact) mass is 594 g/mol. The predicted molar refractivity (Wildman–Crippen MR) is 133 cm³/mol. The summed E-state index contributed by atoms with van der Waals surface area (Å²) in [6.45, 7) is 1.60. The van der Waals surface area contributed by atoms with Gasteiger partial charge in [-0.2, -0.15) is 0 Å². The van der Waals surface area contributed by atoms with Crippen LogP contribution < -0.4 is 22.5 Å². The minimum atomic E-state index is -2.26. The number of hydrogen-bond acceptors (Lipinski definition) is 15. The molecule has 2 aliphatic rings. The molecule has 2 fully saturated rings. The molecule has 7 N–H and O–H groups in total. The Balaban J connectivity index is 1.62. The molecule has 0 aromatic carbocycles. The molecule has 0 spiro atoms. The normalized spacial score (nSPS) is 32.6. The number of nitrogens with one attached hydrogen (secondary N) is 2. The van der Waals surface area contributed by atoms with Gasteiger partial charge in [-0.05, 0) is 13.8 Å². The van der Waals surface area contributed by atoms with E-state index in [4.69, 9.17) is 14.7 Å². The standard InChI is InChI=1S/C20H26N4O13S2/c1-7-3-23(18(29)21-14(7)27)16-11(26)12(9(5-25)35-16)38-39-20(31)10(6-34-32)36-17(13(20)37-33)24-4-8(2)15(28)22-19(24)30/h3-4,9-13,16-17,25-26,31-33H,5-6H2,1-2H3,(H,21,27,29)(H,22,28,30)/t9-,10-,11?,12?,13?,16-,17-,20?/m1/s1. The molecule has 17 nitrogen and oxygen atoms in total. The SMILES string of the molecule is Cc1cn([C@@H]2O[C@H](CO)C(SSC3(O)C(OO)[C@H](n4cc(C)c(=O)[nH]c4=O)O[C@@H]3COO)C2O)c(=O)[nH]c1=O. The van der Waals surface area contributed by atoms with Crippen molar-refractivity contribution in [2.75, 3.05) is 13.2 Å². The summed E-state index contributed by atoms with van der Waals surface area (Å²) in [6.07, 6.45) is -6.15. The van der Waals surface area contributed by atoms with Crippen molar-refractivity contribution >= 4 is 21.6 Å². The number of hydrogen-bond donors (Lipinski definition) is 7. The first-order chi connectivity index (χ1) is 18.5. The minimum absolute atomic E-state index is 0.109. The molecule has 0 bridgehead atoms. The second kappa shape index (κ2) is 11.7. The van der Waals surface area contributed by atoms with Crippen molar-refractivity contribution in [2.24, 2.45) is 0 Å². The van der Waals surface area contributed by atoms with Gasteiger partial charge in [0.05, 0.1) is 18.0 Å². The summed E-state index contributed by atoms with van der Waals surface area (Å²) in [6, 6.07) is 0. The fraction of sp³-hybridized carbons (Fsp3) is 0.600. The molecule has 216 valence electrons. The molecule has 4 unspecified atom stereocenters. The number of aromatic nitrogens is 4. The highest BCUT2D eigenvalue weighted by Crippen LogP contribution is 2.53. The molecule has 19 heteroatoms. The Hall–Kier alpha value is -2.30. The number of aliphatic hydroxyl groups excluding tert-OH is 2. The lowest BCUT2D eigenvalue weighted by atomic mass is 10.1. The van der Waals surface area contributed by atoms with Crippen molar-refractivity contribution in [2.45, 2.75) is 60.9 Å². The molecule has 2 saturated heterocycles. The molecular formula is C20H26N4O13S2. The van der Waals surface area contributed by atoms with Crippen LogP contribution in [0.5, 0.6) is 0 Å². The zero-order valence-corrected chi connectivity index (χ0v) is 22.0. The van der Waals surface area contributed by atoms with Crippen LogP contribution in [-0.4, -0.2) is 92.7 Å². The van der Waals surface area contributed by atoms with Gasteiger partial charge in [0.1, 0.15) is 18.8 Å². The predicted octanol–water partition coefficient (Wildman–Crippen LogP) is -2.36. The van der Waals surface area contributed by atoms with E-state index in [1.54, 1.807) is 0 Å². The molecule has 39 heavy (non-hydrogen) atoms. The Bertz CT molecular complexity index is 1430. The number of H-pyrrole nitrogens is 2. The molecule has 0 aliphatic carbocycles. The molecule has 2 aromatic heterocycles. The highest BCUT2D eigenvalue weighted by Gasteiger charge is 2.60. The number of nitrogens with zero attached hydrogens (tertiary/aromatic N) is 2. The number of ether oxygens (including phenoxy) is 2. The van der Waals surface area contributed by atoms with Gasteiger partial charge in [-0.3, -0.25) is 39.2 Å². The van der Waals surface area contributed by atoms with Gasteiger partial charge < -0.3 is 24.8 Å². The van der Waals surface area contributed by atoms with Crippen molar-refractivity contribution in [1.82, 2.24) is 19.1 Å². The summed E-state index contributed by atoms with van der Waals surface area (Å²) >= 11 is 0. The summed E-state index contributed by atoms with van der Waals surface area (Å²) in [5.41, 5.74) is -2.80. The van der Waals surface area contributed by atoms with Gasteiger partial charge in [-0.1, -0.05) is 21.6 Å². The quantitative estimate of drug-likeness (QED) is 0.0694. The Morgan fingerprint density at radius 1 is 1.00 bits per heavy atom. The highest BCUT2D eigenvalue weighted by molar-refractivity contribution is 8.77. The van der Waals surface area contributed by atoms with Gasteiger partial charge in [0, 0.05) is 23.5 Å². The third kappa shape index (κ3) is 5.39. The molecule has 0 radical (unpaired) electrons. The van der Waals surface area contributed by atoms with Crippen LogP contribution in [0.3, 0.4) is 0 Å². The van der Waals surface area contributed by atoms with Gasteiger partial charge in [0.2, 0.25) is 0 Å². The zero-order valence-electron chi connectivity index (χ0n) is 20.3. The van der Waals surface area contributed by atoms with Crippen LogP contribution >= 0.6 is 21.6 Å². The molecular weight excluding hydrogens is 568 g/mol. The van der Waals surface area contributed by atoms with Gasteiger partial charge in [-0.15, -0.1) is 0 Å². The number of aliphatic hydroxyl groups is 3. The molecule has 4 rings (SSSR count). The third-order valence-electron chi connectivity index (χ3n) is 6.39. The second-order valence-electron chi connectivity index (χ2n) is 8.93. The largest absolute Gasteiger partial charge is 0.394 e. The van der Waals surface area contributed by atoms with E-state index in [0.717, 1.165) is 26.1 Å². The Kier molecular flexibility index (Phi) is 8.88. The van der Waals surface area contributed by atoms with Crippen molar-refractivity contribution in [3.8, 4) is 0 Å². The van der Waals surface area contributed by atoms with Crippen molar-refractivity contribution in [3.05, 3.63) is 65.2 Å². The first-order valence-corrected chi connectivity index (χ1v) is 13.6. The maximum atomic E-state index is 12.4. The van der Waals surface area contributed by atoms with Crippen LogP contribution in [0.2, 0.25) is 0 Å². The van der Waals surface area contributed by atoms with E-state index in [1.165, 1.54) is 20.0 Å². The van der Waals surface area contributed by atoms with Gasteiger partial charge >= 0.3 is 11.4 Å². The van der Waals surface area contributed by atoms with Gasteiger partial charge in [0.15, 0.2) is 23.5 Å². The molecule has 2 aliphatic heterocycles. The number of aromatic amines is 2. The fourth-order valence-corrected chi connectivity index (χ4v) is 7.68. The second-order valence-corrected chi connectivity index (χ2v) is 11.6. The van der Waals surface area contributed by atoms with Crippen LogP contribution in [0.15, 0.2) is 31.6 Å². The maximum Gasteiger partial charge on any atom is 0.330 e. The Labute approximate surface area is 225 Å². The summed E-state index contributed by atoms with van der Waals surface area (Å²) < 4.78 is 13.2. The van der Waals surface area contributed by atoms with E-state index in [0.29, 0.717) is 10.8 Å². The van der Waals surface area contributed by atoms with Crippen LogP contribution in [0, 0.1) is 13.8 Å². The molecule has 4 heterocycles. The first kappa shape index (κ1) is 29.7. The van der Waals surface area contributed by atoms with Crippen LogP contribution in [0.25, 0.3) is 0 Å². The van der Waals surface area contributed by atoms with E-state index >= 15 is 0 Å². The first-order valence-electron chi connectivity index (χ1n) is 11.3. The fourth-order valence-electron chi connectivity index (χ4n) is 4.29. The van der Waals surface area contributed by atoms with Crippen LogP contribution in [0.4, 0.5) is 0 Å². The lowest BCUT2D eigenvalue weighted by Gasteiger charge is -2.31. The molecule has 0 saturated carbocycles. The third-order valence-corrected chi connectivity index (χ3v) is 9.81. The summed E-state index contributed by atoms with van der Waals surface area (Å²) in [7, 11) is 1.37. The molecule has 8 atom stereocenters. The lowest BCUT2D eigenvalue weighted by molar-refractivity contribution is -0.309. The van der Waals surface area contributed by atoms with E-state index in [2.05, 4.69) is 19.7 Å². The van der Waals surface area contributed by atoms with Crippen LogP contribution in [0.1, 0.15) is 23.6 Å². The minimum Gasteiger partial charge on any atom is -0.394 e. The Morgan fingerprint density at radius 2 is 1.56 bits per heavy atom. The van der Waals surface area contributed by atoms with Gasteiger partial charge in [0.25, 0.3) is 11.1 Å². The number of rotatable bonds is 9. The van der Waals surface area contributed by atoms with Crippen molar-refractivity contribution in [3.63, 3.8) is 0 Å². The van der Waals surface area contributed by atoms with Crippen molar-refractivity contribution in [1.29, 1.82) is 0 Å². The van der Waals surface area contributed by atoms with Crippen LogP contribution in [-0.2, 0) is 19.2 Å². The highest BCUT2D eigenvalue weighted by atomic mass is 33.1. The zero-order chi connectivity index (χ0) is 28.6. The summed E-state index contributed by atoms with van der Waals surface area (Å²) in [4.78, 5) is 58.8. The van der Waals surface area contributed by atoms with Gasteiger partial charge in [-0.25, -0.2) is 19.4 Å².